The smallest absolute Gasteiger partial charge is 0.262 e. The molecule has 5 nitrogen and oxygen atoms in total. The van der Waals surface area contributed by atoms with Crippen LogP contribution in [0.4, 0.5) is 0 Å². The van der Waals surface area contributed by atoms with Gasteiger partial charge in [0.05, 0.1) is 10.5 Å². The third-order valence-corrected chi connectivity index (χ3v) is 7.06. The van der Waals surface area contributed by atoms with E-state index in [2.05, 4.69) is 4.72 Å². The summed E-state index contributed by atoms with van der Waals surface area (Å²) in [6.45, 7) is 0. The molecule has 0 radical (unpaired) electrons. The van der Waals surface area contributed by atoms with Crippen molar-refractivity contribution in [1.29, 1.82) is 0 Å². The number of carbonyl (C=O) groups excluding carboxylic acids is 2. The van der Waals surface area contributed by atoms with Crippen molar-refractivity contribution in [3.63, 3.8) is 0 Å². The summed E-state index contributed by atoms with van der Waals surface area (Å²) in [6.07, 6.45) is 0. The standard InChI is InChI=1S/C28H19NO4S/c30-27-23-13-7-8-14-24(23)28(31)26(29-34(32,33)22-11-5-2-6-12-22)25(27)21-17-15-20(16-18-21)19-9-3-1-4-10-19/h1-18,29H. The molecule has 0 unspecified atom stereocenters. The predicted molar refractivity (Wildman–Crippen MR) is 131 cm³/mol. The van der Waals surface area contributed by atoms with Crippen LogP contribution in [-0.4, -0.2) is 20.0 Å². The van der Waals surface area contributed by atoms with E-state index in [4.69, 9.17) is 0 Å². The molecular weight excluding hydrogens is 446 g/mol. The molecule has 0 amide bonds. The van der Waals surface area contributed by atoms with Crippen molar-refractivity contribution < 1.29 is 18.0 Å². The van der Waals surface area contributed by atoms with Crippen LogP contribution in [0.25, 0.3) is 16.7 Å². The van der Waals surface area contributed by atoms with Gasteiger partial charge >= 0.3 is 0 Å². The number of allylic oxidation sites excluding steroid dienone is 2. The minimum absolute atomic E-state index is 0.000355. The van der Waals surface area contributed by atoms with E-state index in [-0.39, 0.29) is 27.3 Å². The molecule has 5 rings (SSSR count). The average Bonchev–Trinajstić information content (AvgIpc) is 2.88. The summed E-state index contributed by atoms with van der Waals surface area (Å²) in [4.78, 5) is 26.9. The zero-order valence-corrected chi connectivity index (χ0v) is 18.8. The second kappa shape index (κ2) is 8.57. The lowest BCUT2D eigenvalue weighted by Gasteiger charge is -2.22. The first-order valence-corrected chi connectivity index (χ1v) is 12.1. The van der Waals surface area contributed by atoms with E-state index in [0.717, 1.165) is 11.1 Å². The van der Waals surface area contributed by atoms with Crippen molar-refractivity contribution in [3.05, 3.63) is 132 Å². The van der Waals surface area contributed by atoms with Crippen molar-refractivity contribution in [2.45, 2.75) is 4.90 Å². The van der Waals surface area contributed by atoms with E-state index in [1.54, 1.807) is 48.5 Å². The molecule has 0 heterocycles. The largest absolute Gasteiger partial charge is 0.288 e. The van der Waals surface area contributed by atoms with Crippen LogP contribution >= 0.6 is 0 Å². The summed E-state index contributed by atoms with van der Waals surface area (Å²) in [6, 6.07) is 31.1. The summed E-state index contributed by atoms with van der Waals surface area (Å²) in [5, 5.41) is 0. The molecule has 0 aliphatic heterocycles. The second-order valence-electron chi connectivity index (χ2n) is 7.82. The molecule has 1 aliphatic rings. The Hall–Kier alpha value is -4.29. The van der Waals surface area contributed by atoms with Crippen LogP contribution in [0.3, 0.4) is 0 Å². The predicted octanol–water partition coefficient (Wildman–Crippen LogP) is 5.12. The van der Waals surface area contributed by atoms with E-state index in [9.17, 15) is 18.0 Å². The first-order chi connectivity index (χ1) is 16.5. The van der Waals surface area contributed by atoms with Gasteiger partial charge < -0.3 is 0 Å². The summed E-state index contributed by atoms with van der Waals surface area (Å²) in [5.74, 6) is -0.953. The number of sulfonamides is 1. The SMILES string of the molecule is O=C1C(NS(=O)(=O)c2ccccc2)=C(c2ccc(-c3ccccc3)cc2)C(=O)c2ccccc21. The number of hydrogen-bond donors (Lipinski definition) is 1. The zero-order valence-electron chi connectivity index (χ0n) is 17.9. The van der Waals surface area contributed by atoms with Gasteiger partial charge in [0.15, 0.2) is 5.78 Å². The Morgan fingerprint density at radius 3 is 1.59 bits per heavy atom. The summed E-state index contributed by atoms with van der Waals surface area (Å²) in [5.41, 5.74) is 2.59. The maximum Gasteiger partial charge on any atom is 0.262 e. The van der Waals surface area contributed by atoms with Gasteiger partial charge in [0.25, 0.3) is 10.0 Å². The van der Waals surface area contributed by atoms with Crippen molar-refractivity contribution >= 4 is 27.2 Å². The van der Waals surface area contributed by atoms with Crippen molar-refractivity contribution in [1.82, 2.24) is 4.72 Å². The molecule has 166 valence electrons. The summed E-state index contributed by atoms with van der Waals surface area (Å²) < 4.78 is 28.6. The highest BCUT2D eigenvalue weighted by molar-refractivity contribution is 7.89. The first-order valence-electron chi connectivity index (χ1n) is 10.6. The van der Waals surface area contributed by atoms with Crippen molar-refractivity contribution in [3.8, 4) is 11.1 Å². The Labute approximate surface area is 197 Å². The molecule has 4 aromatic carbocycles. The highest BCUT2D eigenvalue weighted by Crippen LogP contribution is 2.33. The van der Waals surface area contributed by atoms with Gasteiger partial charge in [0, 0.05) is 11.1 Å². The minimum atomic E-state index is -4.09. The lowest BCUT2D eigenvalue weighted by molar-refractivity contribution is 0.0988. The molecule has 0 saturated carbocycles. The molecule has 0 spiro atoms. The highest BCUT2D eigenvalue weighted by Gasteiger charge is 2.35. The van der Waals surface area contributed by atoms with Crippen LogP contribution in [0.1, 0.15) is 26.3 Å². The molecule has 0 fully saturated rings. The number of fused-ring (bicyclic) bond motifs is 1. The van der Waals surface area contributed by atoms with Crippen LogP contribution in [0.2, 0.25) is 0 Å². The molecule has 4 aromatic rings. The van der Waals surface area contributed by atoms with E-state index in [1.807, 2.05) is 42.5 Å². The number of rotatable bonds is 5. The van der Waals surface area contributed by atoms with E-state index < -0.39 is 21.6 Å². The normalized spacial score (nSPS) is 13.5. The zero-order chi connectivity index (χ0) is 23.7. The third kappa shape index (κ3) is 3.84. The van der Waals surface area contributed by atoms with E-state index in [0.29, 0.717) is 5.56 Å². The first kappa shape index (κ1) is 21.6. The monoisotopic (exact) mass is 465 g/mol. The van der Waals surface area contributed by atoms with Gasteiger partial charge in [-0.3, -0.25) is 14.3 Å². The summed E-state index contributed by atoms with van der Waals surface area (Å²) in [7, 11) is -4.09. The maximum atomic E-state index is 13.5. The fourth-order valence-electron chi connectivity index (χ4n) is 4.00. The van der Waals surface area contributed by atoms with Crippen LogP contribution in [0.5, 0.6) is 0 Å². The second-order valence-corrected chi connectivity index (χ2v) is 9.50. The number of ketones is 2. The topological polar surface area (TPSA) is 80.3 Å². The molecule has 0 bridgehead atoms. The van der Waals surface area contributed by atoms with Gasteiger partial charge in [0.2, 0.25) is 5.78 Å². The molecule has 6 heteroatoms. The third-order valence-electron chi connectivity index (χ3n) is 5.69. The Bertz CT molecular complexity index is 1540. The molecule has 0 atom stereocenters. The lowest BCUT2D eigenvalue weighted by atomic mass is 9.84. The minimum Gasteiger partial charge on any atom is -0.288 e. The van der Waals surface area contributed by atoms with Gasteiger partial charge in [0.1, 0.15) is 5.70 Å². The van der Waals surface area contributed by atoms with Gasteiger partial charge in [-0.15, -0.1) is 0 Å². The van der Waals surface area contributed by atoms with E-state index in [1.165, 1.54) is 18.2 Å². The van der Waals surface area contributed by atoms with Gasteiger partial charge in [-0.05, 0) is 28.8 Å². The molecule has 1 N–H and O–H groups in total. The van der Waals surface area contributed by atoms with Crippen molar-refractivity contribution in [2.24, 2.45) is 0 Å². The molecular formula is C28H19NO4S. The van der Waals surface area contributed by atoms with Crippen LogP contribution < -0.4 is 4.72 Å². The van der Waals surface area contributed by atoms with Crippen LogP contribution in [-0.2, 0) is 10.0 Å². The number of hydrogen-bond acceptors (Lipinski definition) is 4. The molecule has 0 aromatic heterocycles. The Kier molecular flexibility index (Phi) is 5.43. The Morgan fingerprint density at radius 2 is 0.971 bits per heavy atom. The maximum absolute atomic E-state index is 13.5. The Balaban J connectivity index is 1.65. The van der Waals surface area contributed by atoms with Gasteiger partial charge in [-0.2, -0.15) is 0 Å². The van der Waals surface area contributed by atoms with Crippen molar-refractivity contribution in [2.75, 3.05) is 0 Å². The fraction of sp³-hybridized carbons (Fsp3) is 0. The van der Waals surface area contributed by atoms with Gasteiger partial charge in [-0.1, -0.05) is 97.1 Å². The molecule has 1 aliphatic carbocycles. The number of Topliss-reactive ketones (excluding diaryl/α,β-unsaturated/α-hetero) is 2. The number of carbonyl (C=O) groups is 2. The number of benzene rings is 4. The molecule has 0 saturated heterocycles. The fourth-order valence-corrected chi connectivity index (χ4v) is 5.10. The molecule has 34 heavy (non-hydrogen) atoms. The number of nitrogens with one attached hydrogen (secondary N) is 1. The summed E-state index contributed by atoms with van der Waals surface area (Å²) >= 11 is 0. The van der Waals surface area contributed by atoms with Gasteiger partial charge in [-0.25, -0.2) is 8.42 Å². The quantitative estimate of drug-likeness (QED) is 0.444. The average molecular weight is 466 g/mol. The lowest BCUT2D eigenvalue weighted by Crippen LogP contribution is -2.33. The van der Waals surface area contributed by atoms with Crippen LogP contribution in [0.15, 0.2) is 120 Å². The Morgan fingerprint density at radius 1 is 0.500 bits per heavy atom. The highest BCUT2D eigenvalue weighted by atomic mass is 32.2. The van der Waals surface area contributed by atoms with E-state index >= 15 is 0 Å². The van der Waals surface area contributed by atoms with Crippen LogP contribution in [0, 0.1) is 0 Å².